The minimum absolute atomic E-state index is 0.0343. The molecule has 0 radical (unpaired) electrons. The number of carbonyl (C=O) groups excluding carboxylic acids is 2. The predicted molar refractivity (Wildman–Crippen MR) is 116 cm³/mol. The minimum Gasteiger partial charge on any atom is -0.354 e. The number of para-hydroxylation sites is 1. The summed E-state index contributed by atoms with van der Waals surface area (Å²) in [5, 5.41) is 3.06. The first kappa shape index (κ1) is 21.2. The zero-order valence-electron chi connectivity index (χ0n) is 17.4. The summed E-state index contributed by atoms with van der Waals surface area (Å²) < 4.78 is 0. The van der Waals surface area contributed by atoms with Gasteiger partial charge in [0, 0.05) is 48.7 Å². The lowest BCUT2D eigenvalue weighted by atomic mass is 9.93. The molecule has 5 nitrogen and oxygen atoms in total. The molecule has 6 heteroatoms. The first-order valence-corrected chi connectivity index (χ1v) is 11.4. The number of fused-ring (bicyclic) bond motifs is 1. The van der Waals surface area contributed by atoms with Crippen molar-refractivity contribution in [1.29, 1.82) is 0 Å². The highest BCUT2D eigenvalue weighted by Gasteiger charge is 2.30. The van der Waals surface area contributed by atoms with Crippen LogP contribution in [0.15, 0.2) is 29.2 Å². The Balaban J connectivity index is 1.46. The molecule has 3 rings (SSSR count). The summed E-state index contributed by atoms with van der Waals surface area (Å²) in [5.74, 6) is 1.61. The fourth-order valence-electron chi connectivity index (χ4n) is 4.04. The van der Waals surface area contributed by atoms with Gasteiger partial charge < -0.3 is 10.2 Å². The van der Waals surface area contributed by atoms with Gasteiger partial charge in [-0.2, -0.15) is 0 Å². The van der Waals surface area contributed by atoms with E-state index in [1.807, 2.05) is 23.1 Å². The summed E-state index contributed by atoms with van der Waals surface area (Å²) in [5.41, 5.74) is 0.918. The fraction of sp³-hybridized carbons (Fsp3) is 0.636. The molecule has 2 amide bonds. The van der Waals surface area contributed by atoms with Crippen LogP contribution >= 0.6 is 11.8 Å². The molecule has 2 aliphatic heterocycles. The van der Waals surface area contributed by atoms with Crippen molar-refractivity contribution in [2.24, 2.45) is 5.92 Å². The van der Waals surface area contributed by atoms with Crippen LogP contribution in [0.2, 0.25) is 0 Å². The first-order chi connectivity index (χ1) is 13.4. The molecular weight excluding hydrogens is 370 g/mol. The van der Waals surface area contributed by atoms with Gasteiger partial charge in [0.2, 0.25) is 11.8 Å². The molecule has 154 valence electrons. The molecule has 1 atom stereocenters. The second-order valence-electron chi connectivity index (χ2n) is 8.64. The summed E-state index contributed by atoms with van der Waals surface area (Å²) in [7, 11) is 0. The lowest BCUT2D eigenvalue weighted by Crippen LogP contribution is -2.54. The van der Waals surface area contributed by atoms with Gasteiger partial charge in [0.05, 0.1) is 5.69 Å². The molecular formula is C22H33N3O2S. The van der Waals surface area contributed by atoms with E-state index in [1.165, 1.54) is 12.8 Å². The molecule has 0 saturated carbocycles. The van der Waals surface area contributed by atoms with Gasteiger partial charge in [0.1, 0.15) is 0 Å². The molecule has 0 bridgehead atoms. The van der Waals surface area contributed by atoms with E-state index in [4.69, 9.17) is 0 Å². The Labute approximate surface area is 173 Å². The summed E-state index contributed by atoms with van der Waals surface area (Å²) >= 11 is 1.78. The maximum atomic E-state index is 12.7. The monoisotopic (exact) mass is 403 g/mol. The number of hydrogen-bond acceptors (Lipinski definition) is 4. The average molecular weight is 404 g/mol. The highest BCUT2D eigenvalue weighted by atomic mass is 32.2. The number of rotatable bonds is 6. The summed E-state index contributed by atoms with van der Waals surface area (Å²) in [4.78, 5) is 30.5. The molecule has 2 heterocycles. The Bertz CT molecular complexity index is 707. The fourth-order valence-corrected chi connectivity index (χ4v) is 5.03. The largest absolute Gasteiger partial charge is 0.354 e. The molecule has 1 aromatic carbocycles. The van der Waals surface area contributed by atoms with E-state index in [2.05, 4.69) is 37.1 Å². The molecule has 1 N–H and O–H groups in total. The van der Waals surface area contributed by atoms with Crippen LogP contribution in [0.25, 0.3) is 0 Å². The van der Waals surface area contributed by atoms with Crippen LogP contribution in [-0.2, 0) is 9.59 Å². The lowest BCUT2D eigenvalue weighted by molar-refractivity contribution is -0.125. The highest BCUT2D eigenvalue weighted by molar-refractivity contribution is 7.99. The van der Waals surface area contributed by atoms with Crippen LogP contribution in [0.5, 0.6) is 0 Å². The third kappa shape index (κ3) is 5.29. The molecule has 0 aromatic heterocycles. The van der Waals surface area contributed by atoms with Crippen LogP contribution in [0.1, 0.15) is 46.5 Å². The van der Waals surface area contributed by atoms with Crippen molar-refractivity contribution in [2.45, 2.75) is 56.9 Å². The van der Waals surface area contributed by atoms with Gasteiger partial charge in [-0.3, -0.25) is 14.5 Å². The molecule has 0 aliphatic carbocycles. The van der Waals surface area contributed by atoms with Crippen LogP contribution in [0.3, 0.4) is 0 Å². The van der Waals surface area contributed by atoms with Crippen molar-refractivity contribution in [3.8, 4) is 0 Å². The van der Waals surface area contributed by atoms with Crippen molar-refractivity contribution < 1.29 is 9.59 Å². The maximum Gasteiger partial charge on any atom is 0.227 e. The normalized spacial score (nSPS) is 20.5. The number of nitrogens with one attached hydrogen (secondary N) is 1. The molecule has 2 aliphatic rings. The summed E-state index contributed by atoms with van der Waals surface area (Å²) in [6.07, 6.45) is 3.02. The van der Waals surface area contributed by atoms with Crippen molar-refractivity contribution in [3.05, 3.63) is 24.3 Å². The summed E-state index contributed by atoms with van der Waals surface area (Å²) in [6.45, 7) is 10.2. The third-order valence-corrected chi connectivity index (χ3v) is 6.87. The SMILES string of the molecule is CC1CCCN(C(C)(C)CNC(=O)CCC(=O)N2CCSc3ccccc32)C1. The number of hydrogen-bond donors (Lipinski definition) is 1. The number of piperidine rings is 1. The quantitative estimate of drug-likeness (QED) is 0.789. The second kappa shape index (κ2) is 9.31. The molecule has 1 aromatic rings. The van der Waals surface area contributed by atoms with Gasteiger partial charge in [-0.15, -0.1) is 11.8 Å². The van der Waals surface area contributed by atoms with E-state index in [0.29, 0.717) is 19.0 Å². The number of likely N-dealkylation sites (tertiary alicyclic amines) is 1. The zero-order chi connectivity index (χ0) is 20.1. The van der Waals surface area contributed by atoms with E-state index in [0.717, 1.165) is 29.4 Å². The zero-order valence-corrected chi connectivity index (χ0v) is 18.2. The Hall–Kier alpha value is -1.53. The van der Waals surface area contributed by atoms with E-state index < -0.39 is 0 Å². The highest BCUT2D eigenvalue weighted by Crippen LogP contribution is 2.34. The Morgan fingerprint density at radius 2 is 2.00 bits per heavy atom. The van der Waals surface area contributed by atoms with E-state index >= 15 is 0 Å². The minimum atomic E-state index is -0.0582. The molecule has 1 fully saturated rings. The topological polar surface area (TPSA) is 52.7 Å². The van der Waals surface area contributed by atoms with E-state index in [9.17, 15) is 9.59 Å². The number of amides is 2. The van der Waals surface area contributed by atoms with E-state index in [1.54, 1.807) is 11.8 Å². The molecule has 28 heavy (non-hydrogen) atoms. The second-order valence-corrected chi connectivity index (χ2v) is 9.78. The number of nitrogens with zero attached hydrogens (tertiary/aromatic N) is 2. The van der Waals surface area contributed by atoms with Crippen molar-refractivity contribution >= 4 is 29.3 Å². The Morgan fingerprint density at radius 3 is 2.79 bits per heavy atom. The van der Waals surface area contributed by atoms with Gasteiger partial charge in [-0.1, -0.05) is 19.1 Å². The van der Waals surface area contributed by atoms with Crippen LogP contribution in [0, 0.1) is 5.92 Å². The average Bonchev–Trinajstić information content (AvgIpc) is 2.70. The maximum absolute atomic E-state index is 12.7. The van der Waals surface area contributed by atoms with E-state index in [-0.39, 0.29) is 30.2 Å². The van der Waals surface area contributed by atoms with Crippen molar-refractivity contribution in [1.82, 2.24) is 10.2 Å². The Kier molecular flexibility index (Phi) is 7.05. The molecule has 1 unspecified atom stereocenters. The number of carbonyl (C=O) groups is 2. The standard InChI is InChI=1S/C22H33N3O2S/c1-17-7-6-12-24(15-17)22(2,3)16-23-20(26)10-11-21(27)25-13-14-28-19-9-5-4-8-18(19)25/h4-5,8-9,17H,6-7,10-16H2,1-3H3,(H,23,26). The van der Waals surface area contributed by atoms with Crippen LogP contribution in [-0.4, -0.2) is 54.2 Å². The Morgan fingerprint density at radius 1 is 1.21 bits per heavy atom. The van der Waals surface area contributed by atoms with Crippen molar-refractivity contribution in [2.75, 3.05) is 36.8 Å². The number of thioether (sulfide) groups is 1. The van der Waals surface area contributed by atoms with Gasteiger partial charge in [0.25, 0.3) is 0 Å². The predicted octanol–water partition coefficient (Wildman–Crippen LogP) is 3.53. The lowest BCUT2D eigenvalue weighted by Gasteiger charge is -2.43. The smallest absolute Gasteiger partial charge is 0.227 e. The van der Waals surface area contributed by atoms with Crippen LogP contribution < -0.4 is 10.2 Å². The number of anilines is 1. The number of benzene rings is 1. The van der Waals surface area contributed by atoms with Gasteiger partial charge >= 0.3 is 0 Å². The molecule has 1 saturated heterocycles. The van der Waals surface area contributed by atoms with Gasteiger partial charge in [-0.05, 0) is 51.3 Å². The van der Waals surface area contributed by atoms with Gasteiger partial charge in [0.15, 0.2) is 0 Å². The van der Waals surface area contributed by atoms with Crippen LogP contribution in [0.4, 0.5) is 5.69 Å². The van der Waals surface area contributed by atoms with Gasteiger partial charge in [-0.25, -0.2) is 0 Å². The first-order valence-electron chi connectivity index (χ1n) is 10.4. The van der Waals surface area contributed by atoms with Crippen molar-refractivity contribution in [3.63, 3.8) is 0 Å². The molecule has 0 spiro atoms. The third-order valence-electron chi connectivity index (χ3n) is 5.83. The summed E-state index contributed by atoms with van der Waals surface area (Å²) in [6, 6.07) is 8.00.